The van der Waals surface area contributed by atoms with E-state index in [0.717, 1.165) is 6.54 Å². The molecule has 13 heavy (non-hydrogen) atoms. The summed E-state index contributed by atoms with van der Waals surface area (Å²) in [6.45, 7) is 4.42. The third-order valence-electron chi connectivity index (χ3n) is 1.85. The summed E-state index contributed by atoms with van der Waals surface area (Å²) in [6, 6.07) is 0.204. The number of carboxylic acid groups (broad SMARTS) is 1. The van der Waals surface area contributed by atoms with Gasteiger partial charge in [-0.1, -0.05) is 0 Å². The highest BCUT2D eigenvalue weighted by Gasteiger charge is 2.04. The maximum atomic E-state index is 10.2. The number of nitrogens with one attached hydrogen (secondary N) is 1. The molecule has 0 radical (unpaired) electrons. The number of aliphatic hydroxyl groups is 1. The normalized spacial score (nSPS) is 15.3. The van der Waals surface area contributed by atoms with Gasteiger partial charge in [-0.3, -0.25) is 4.79 Å². The van der Waals surface area contributed by atoms with Crippen molar-refractivity contribution in [1.29, 1.82) is 0 Å². The lowest BCUT2D eigenvalue weighted by molar-refractivity contribution is -0.137. The fourth-order valence-electron chi connectivity index (χ4n) is 0.981. The summed E-state index contributed by atoms with van der Waals surface area (Å²) >= 11 is 0. The van der Waals surface area contributed by atoms with Crippen LogP contribution >= 0.6 is 0 Å². The van der Waals surface area contributed by atoms with Gasteiger partial charge in [-0.05, 0) is 33.2 Å². The van der Waals surface area contributed by atoms with Crippen molar-refractivity contribution in [3.05, 3.63) is 0 Å². The minimum absolute atomic E-state index is 0.197. The van der Waals surface area contributed by atoms with E-state index >= 15 is 0 Å². The topological polar surface area (TPSA) is 69.6 Å². The molecule has 0 aliphatic rings. The van der Waals surface area contributed by atoms with E-state index in [4.69, 9.17) is 10.2 Å². The Morgan fingerprint density at radius 1 is 1.38 bits per heavy atom. The highest BCUT2D eigenvalue weighted by atomic mass is 16.4. The second-order valence-electron chi connectivity index (χ2n) is 3.43. The smallest absolute Gasteiger partial charge is 0.303 e. The Bertz CT molecular complexity index is 148. The molecule has 0 rings (SSSR count). The Morgan fingerprint density at radius 3 is 2.46 bits per heavy atom. The number of carbonyl (C=O) groups is 1. The van der Waals surface area contributed by atoms with Crippen molar-refractivity contribution in [3.8, 4) is 0 Å². The van der Waals surface area contributed by atoms with Crippen LogP contribution in [-0.2, 0) is 4.79 Å². The minimum Gasteiger partial charge on any atom is -0.481 e. The summed E-state index contributed by atoms with van der Waals surface area (Å²) < 4.78 is 0. The maximum Gasteiger partial charge on any atom is 0.303 e. The summed E-state index contributed by atoms with van der Waals surface area (Å²) in [5.41, 5.74) is 0. The van der Waals surface area contributed by atoms with E-state index in [-0.39, 0.29) is 18.6 Å². The molecule has 0 saturated carbocycles. The number of carboxylic acids is 1. The lowest BCUT2D eigenvalue weighted by Crippen LogP contribution is -2.29. The first-order valence-corrected chi connectivity index (χ1v) is 4.65. The molecule has 0 aromatic rings. The molecular formula is C9H19NO3. The number of aliphatic carboxylic acids is 1. The molecule has 0 bridgehead atoms. The molecule has 0 amide bonds. The van der Waals surface area contributed by atoms with Crippen molar-refractivity contribution in [1.82, 2.24) is 5.32 Å². The van der Waals surface area contributed by atoms with Gasteiger partial charge in [-0.2, -0.15) is 0 Å². The van der Waals surface area contributed by atoms with Crippen LogP contribution in [0.5, 0.6) is 0 Å². The Kier molecular flexibility index (Phi) is 6.54. The molecule has 0 fully saturated rings. The molecule has 0 spiro atoms. The fourth-order valence-corrected chi connectivity index (χ4v) is 0.981. The van der Waals surface area contributed by atoms with Gasteiger partial charge in [0.2, 0.25) is 0 Å². The minimum atomic E-state index is -0.760. The highest BCUT2D eigenvalue weighted by Crippen LogP contribution is 1.96. The first-order valence-electron chi connectivity index (χ1n) is 4.65. The summed E-state index contributed by atoms with van der Waals surface area (Å²) in [5.74, 6) is -0.760. The van der Waals surface area contributed by atoms with Gasteiger partial charge >= 0.3 is 5.97 Å². The van der Waals surface area contributed by atoms with Crippen molar-refractivity contribution in [3.63, 3.8) is 0 Å². The van der Waals surface area contributed by atoms with Gasteiger partial charge in [0.05, 0.1) is 6.10 Å². The second-order valence-corrected chi connectivity index (χ2v) is 3.43. The van der Waals surface area contributed by atoms with E-state index in [2.05, 4.69) is 5.32 Å². The van der Waals surface area contributed by atoms with Crippen LogP contribution < -0.4 is 5.32 Å². The quantitative estimate of drug-likeness (QED) is 0.548. The predicted molar refractivity (Wildman–Crippen MR) is 50.6 cm³/mol. The molecule has 4 heteroatoms. The van der Waals surface area contributed by atoms with Crippen molar-refractivity contribution >= 4 is 5.97 Å². The average Bonchev–Trinajstić information content (AvgIpc) is 2.00. The van der Waals surface area contributed by atoms with Crippen molar-refractivity contribution in [2.45, 2.75) is 45.3 Å². The van der Waals surface area contributed by atoms with Gasteiger partial charge in [0.25, 0.3) is 0 Å². The summed E-state index contributed by atoms with van der Waals surface area (Å²) in [4.78, 5) is 10.2. The molecule has 2 unspecified atom stereocenters. The lowest BCUT2D eigenvalue weighted by Gasteiger charge is -2.12. The molecule has 0 aliphatic heterocycles. The number of rotatable bonds is 7. The number of hydrogen-bond donors (Lipinski definition) is 3. The van der Waals surface area contributed by atoms with Crippen LogP contribution in [0.1, 0.15) is 33.1 Å². The van der Waals surface area contributed by atoms with E-state index in [1.807, 2.05) is 6.92 Å². The largest absolute Gasteiger partial charge is 0.481 e. The summed E-state index contributed by atoms with van der Waals surface area (Å²) in [7, 11) is 0. The van der Waals surface area contributed by atoms with E-state index in [0.29, 0.717) is 12.8 Å². The third kappa shape index (κ3) is 9.30. The van der Waals surface area contributed by atoms with Gasteiger partial charge in [-0.25, -0.2) is 0 Å². The molecule has 4 nitrogen and oxygen atoms in total. The van der Waals surface area contributed by atoms with Crippen LogP contribution in [0, 0.1) is 0 Å². The molecular weight excluding hydrogens is 170 g/mol. The molecule has 0 heterocycles. The molecule has 0 aromatic carbocycles. The monoisotopic (exact) mass is 189 g/mol. The molecule has 2 atom stereocenters. The third-order valence-corrected chi connectivity index (χ3v) is 1.85. The van der Waals surface area contributed by atoms with Crippen molar-refractivity contribution in [2.24, 2.45) is 0 Å². The molecule has 0 aromatic heterocycles. The predicted octanol–water partition coefficient (Wildman–Crippen LogP) is 0.600. The van der Waals surface area contributed by atoms with Gasteiger partial charge < -0.3 is 15.5 Å². The fraction of sp³-hybridized carbons (Fsp3) is 0.889. The van der Waals surface area contributed by atoms with Crippen molar-refractivity contribution in [2.75, 3.05) is 6.54 Å². The van der Waals surface area contributed by atoms with E-state index in [1.54, 1.807) is 6.92 Å². The van der Waals surface area contributed by atoms with Gasteiger partial charge in [0.15, 0.2) is 0 Å². The zero-order valence-electron chi connectivity index (χ0n) is 8.29. The van der Waals surface area contributed by atoms with Crippen molar-refractivity contribution < 1.29 is 15.0 Å². The highest BCUT2D eigenvalue weighted by molar-refractivity contribution is 5.66. The SMILES string of the molecule is CC(O)CCNC(C)CCC(=O)O. The first kappa shape index (κ1) is 12.4. The van der Waals surface area contributed by atoms with Gasteiger partial charge in [0, 0.05) is 12.5 Å². The Balaban J connectivity index is 3.30. The lowest BCUT2D eigenvalue weighted by atomic mass is 10.2. The van der Waals surface area contributed by atoms with Crippen LogP contribution in [0.2, 0.25) is 0 Å². The Labute approximate surface area is 79.0 Å². The van der Waals surface area contributed by atoms with E-state index in [1.165, 1.54) is 0 Å². The van der Waals surface area contributed by atoms with Crippen LogP contribution in [0.3, 0.4) is 0 Å². The van der Waals surface area contributed by atoms with Crippen LogP contribution in [0.4, 0.5) is 0 Å². The van der Waals surface area contributed by atoms with Gasteiger partial charge in [-0.15, -0.1) is 0 Å². The van der Waals surface area contributed by atoms with Crippen LogP contribution in [-0.4, -0.2) is 34.9 Å². The zero-order chi connectivity index (χ0) is 10.3. The number of hydrogen-bond acceptors (Lipinski definition) is 3. The van der Waals surface area contributed by atoms with Crippen LogP contribution in [0.15, 0.2) is 0 Å². The Hall–Kier alpha value is -0.610. The van der Waals surface area contributed by atoms with E-state index < -0.39 is 5.97 Å². The average molecular weight is 189 g/mol. The van der Waals surface area contributed by atoms with E-state index in [9.17, 15) is 4.79 Å². The molecule has 0 saturated heterocycles. The second kappa shape index (κ2) is 6.86. The van der Waals surface area contributed by atoms with Crippen LogP contribution in [0.25, 0.3) is 0 Å². The Morgan fingerprint density at radius 2 is 2.00 bits per heavy atom. The molecule has 3 N–H and O–H groups in total. The van der Waals surface area contributed by atoms with Gasteiger partial charge in [0.1, 0.15) is 0 Å². The first-order chi connectivity index (χ1) is 6.02. The molecule has 0 aliphatic carbocycles. The summed E-state index contributed by atoms with van der Waals surface area (Å²) in [5, 5.41) is 20.5. The summed E-state index contributed by atoms with van der Waals surface area (Å²) in [6.07, 6.45) is 1.24. The number of aliphatic hydroxyl groups excluding tert-OH is 1. The zero-order valence-corrected chi connectivity index (χ0v) is 8.29. The molecule has 78 valence electrons. The standard InChI is InChI=1S/C9H19NO3/c1-7(3-4-9(12)13)10-6-5-8(2)11/h7-8,10-11H,3-6H2,1-2H3,(H,12,13). The maximum absolute atomic E-state index is 10.2.